The molecule has 0 aliphatic heterocycles. The van der Waals surface area contributed by atoms with Crippen LogP contribution in [0.5, 0.6) is 0 Å². The van der Waals surface area contributed by atoms with E-state index in [-0.39, 0.29) is 23.3 Å². The molecule has 0 N–H and O–H groups in total. The van der Waals surface area contributed by atoms with E-state index in [0.717, 1.165) is 40.9 Å². The Morgan fingerprint density at radius 1 is 1.06 bits per heavy atom. The quantitative estimate of drug-likeness (QED) is 0.524. The van der Waals surface area contributed by atoms with E-state index in [2.05, 4.69) is 47.9 Å². The van der Waals surface area contributed by atoms with E-state index < -0.39 is 5.41 Å². The third-order valence-corrected chi connectivity index (χ3v) is 7.08. The molecule has 0 saturated heterocycles. The monoisotopic (exact) mass is 420 g/mol. The second kappa shape index (κ2) is 7.49. The maximum atomic E-state index is 12.8. The second-order valence-electron chi connectivity index (χ2n) is 9.05. The molecule has 0 bridgehead atoms. The lowest BCUT2D eigenvalue weighted by Gasteiger charge is -2.46. The molecule has 2 heterocycles. The summed E-state index contributed by atoms with van der Waals surface area (Å²) in [5.74, 6) is 0.502. The van der Waals surface area contributed by atoms with Crippen molar-refractivity contribution in [3.8, 4) is 22.6 Å². The van der Waals surface area contributed by atoms with Gasteiger partial charge in [-0.2, -0.15) is 0 Å². The van der Waals surface area contributed by atoms with Crippen LogP contribution in [-0.2, 0) is 16.6 Å². The fourth-order valence-corrected chi connectivity index (χ4v) is 5.33. The van der Waals surface area contributed by atoms with Crippen LogP contribution in [0.3, 0.4) is 0 Å². The van der Waals surface area contributed by atoms with Gasteiger partial charge in [0.05, 0.1) is 18.0 Å². The molecule has 158 valence electrons. The highest BCUT2D eigenvalue weighted by molar-refractivity contribution is 6.00. The Morgan fingerprint density at radius 2 is 1.78 bits per heavy atom. The smallest absolute Gasteiger partial charge is 0.226 e. The van der Waals surface area contributed by atoms with Gasteiger partial charge in [-0.05, 0) is 37.8 Å². The molecule has 3 atom stereocenters. The molecule has 0 unspecified atom stereocenters. The second-order valence-corrected chi connectivity index (χ2v) is 9.05. The Morgan fingerprint density at radius 3 is 2.47 bits per heavy atom. The zero-order chi connectivity index (χ0) is 22.5. The fraction of sp³-hybridized carbons (Fsp3) is 0.296. The molecule has 0 spiro atoms. The van der Waals surface area contributed by atoms with Crippen LogP contribution in [0.25, 0.3) is 27.5 Å². The maximum Gasteiger partial charge on any atom is 0.226 e. The number of carbonyl (C=O) groups is 1. The first-order chi connectivity index (χ1) is 15.4. The van der Waals surface area contributed by atoms with Crippen LogP contribution in [-0.4, -0.2) is 20.7 Å². The Hall–Kier alpha value is -3.65. The lowest BCUT2D eigenvalue weighted by atomic mass is 9.58. The Bertz CT molecular complexity index is 1290. The molecule has 32 heavy (non-hydrogen) atoms. The number of allylic oxidation sites excluding steroid dienone is 2. The first kappa shape index (κ1) is 20.3. The number of carbonyl (C=O) groups excluding carboxylic acids is 1. The number of ketones is 1. The molecule has 5 heteroatoms. The fourth-order valence-electron chi connectivity index (χ4n) is 5.33. The largest absolute Gasteiger partial charge is 0.308 e. The third kappa shape index (κ3) is 3.06. The normalized spacial score (nSPS) is 24.2. The lowest BCUT2D eigenvalue weighted by Crippen LogP contribution is -2.46. The van der Waals surface area contributed by atoms with Crippen molar-refractivity contribution >= 4 is 5.78 Å². The number of hydrogen-bond donors (Lipinski definition) is 0. The minimum atomic E-state index is -0.495. The molecule has 1 aromatic carbocycles. The molecular weight excluding hydrogens is 396 g/mol. The molecule has 5 nitrogen and oxygen atoms in total. The number of rotatable bonds is 2. The number of Topliss-reactive ketones (excluding diaryl/α,β-unsaturated/α-hetero) is 1. The predicted octanol–water partition coefficient (Wildman–Crippen LogP) is 5.36. The van der Waals surface area contributed by atoms with Gasteiger partial charge in [0, 0.05) is 40.4 Å². The van der Waals surface area contributed by atoms with Gasteiger partial charge in [-0.15, -0.1) is 0 Å². The number of fused-ring (bicyclic) bond motifs is 3. The van der Waals surface area contributed by atoms with Crippen molar-refractivity contribution in [1.82, 2.24) is 15.0 Å². The van der Waals surface area contributed by atoms with Crippen molar-refractivity contribution in [1.29, 1.82) is 0 Å². The van der Waals surface area contributed by atoms with Crippen LogP contribution in [0.1, 0.15) is 37.1 Å². The van der Waals surface area contributed by atoms with Crippen LogP contribution in [0.15, 0.2) is 60.6 Å². The molecule has 0 fully saturated rings. The number of pyridine rings is 1. The minimum Gasteiger partial charge on any atom is -0.308 e. The summed E-state index contributed by atoms with van der Waals surface area (Å²) in [5.41, 5.74) is 5.87. The first-order valence-corrected chi connectivity index (χ1v) is 11.0. The first-order valence-electron chi connectivity index (χ1n) is 11.0. The van der Waals surface area contributed by atoms with Crippen LogP contribution in [0, 0.1) is 25.3 Å². The number of benzene rings is 1. The van der Waals surface area contributed by atoms with E-state index in [1.165, 1.54) is 5.56 Å². The highest BCUT2D eigenvalue weighted by Crippen LogP contribution is 2.51. The Kier molecular flexibility index (Phi) is 4.74. The third-order valence-electron chi connectivity index (χ3n) is 7.08. The average Bonchev–Trinajstić information content (AvgIpc) is 2.82. The molecule has 0 radical (unpaired) electrons. The maximum absolute atomic E-state index is 12.8. The topological polar surface area (TPSA) is 60.1 Å². The van der Waals surface area contributed by atoms with Gasteiger partial charge in [0.1, 0.15) is 0 Å². The summed E-state index contributed by atoms with van der Waals surface area (Å²) in [6, 6.07) is 12.2. The van der Waals surface area contributed by atoms with Gasteiger partial charge < -0.3 is 4.79 Å². The van der Waals surface area contributed by atoms with E-state index in [1.54, 1.807) is 12.4 Å². The summed E-state index contributed by atoms with van der Waals surface area (Å²) in [6.07, 6.45) is 7.04. The number of aromatic nitrogens is 3. The number of hydrogen-bond acceptors (Lipinski definition) is 4. The van der Waals surface area contributed by atoms with Crippen molar-refractivity contribution in [2.24, 2.45) is 11.8 Å². The Balaban J connectivity index is 1.81. The van der Waals surface area contributed by atoms with Gasteiger partial charge >= 0.3 is 0 Å². The van der Waals surface area contributed by atoms with E-state index in [0.29, 0.717) is 5.82 Å². The van der Waals surface area contributed by atoms with Crippen LogP contribution >= 0.6 is 0 Å². The van der Waals surface area contributed by atoms with E-state index in [4.69, 9.17) is 16.5 Å². The van der Waals surface area contributed by atoms with Crippen molar-refractivity contribution < 1.29 is 4.79 Å². The standard InChI is InChI=1S/C27H24N4O/c1-16-5-7-18(8-6-16)23-20-9-10-21-17(2)24(32)22(28-4)15-27(21,3)25(20)31-26(30-23)19-11-13-29-14-12-19/h5-8,11-15,17,21H,9-10H2,1-3H3/t17-,21-,27-/m1/s1. The van der Waals surface area contributed by atoms with Gasteiger partial charge in [-0.25, -0.2) is 14.8 Å². The summed E-state index contributed by atoms with van der Waals surface area (Å²) in [6.45, 7) is 13.7. The zero-order valence-corrected chi connectivity index (χ0v) is 18.5. The van der Waals surface area contributed by atoms with Gasteiger partial charge in [0.15, 0.2) is 11.6 Å². The summed E-state index contributed by atoms with van der Waals surface area (Å²) < 4.78 is 0. The highest BCUT2D eigenvalue weighted by Gasteiger charge is 2.49. The molecular formula is C27H24N4O. The molecule has 0 amide bonds. The molecule has 2 aliphatic carbocycles. The van der Waals surface area contributed by atoms with Crippen molar-refractivity contribution in [3.05, 3.63) is 88.8 Å². The minimum absolute atomic E-state index is 0.0481. The lowest BCUT2D eigenvalue weighted by molar-refractivity contribution is -0.121. The number of aryl methyl sites for hydroxylation is 1. The van der Waals surface area contributed by atoms with Gasteiger partial charge in [-0.1, -0.05) is 49.8 Å². The average molecular weight is 421 g/mol. The van der Waals surface area contributed by atoms with Crippen LogP contribution in [0.4, 0.5) is 0 Å². The van der Waals surface area contributed by atoms with Crippen molar-refractivity contribution in [2.45, 2.75) is 39.0 Å². The van der Waals surface area contributed by atoms with Gasteiger partial charge in [-0.3, -0.25) is 4.98 Å². The van der Waals surface area contributed by atoms with Crippen LogP contribution < -0.4 is 0 Å². The van der Waals surface area contributed by atoms with E-state index >= 15 is 0 Å². The molecule has 2 aliphatic rings. The predicted molar refractivity (Wildman–Crippen MR) is 123 cm³/mol. The zero-order valence-electron chi connectivity index (χ0n) is 18.5. The van der Waals surface area contributed by atoms with Crippen molar-refractivity contribution in [2.75, 3.05) is 0 Å². The van der Waals surface area contributed by atoms with E-state index in [9.17, 15) is 4.79 Å². The van der Waals surface area contributed by atoms with Crippen LogP contribution in [0.2, 0.25) is 0 Å². The highest BCUT2D eigenvalue weighted by atomic mass is 16.1. The van der Waals surface area contributed by atoms with Gasteiger partial charge in [0.25, 0.3) is 0 Å². The molecule has 0 saturated carbocycles. The Labute approximate surface area is 188 Å². The number of nitrogens with zero attached hydrogens (tertiary/aromatic N) is 4. The molecule has 5 rings (SSSR count). The van der Waals surface area contributed by atoms with Crippen molar-refractivity contribution in [3.63, 3.8) is 0 Å². The van der Waals surface area contributed by atoms with Gasteiger partial charge in [0.2, 0.25) is 5.70 Å². The molecule has 3 aromatic rings. The van der Waals surface area contributed by atoms with E-state index in [1.807, 2.05) is 25.1 Å². The summed E-state index contributed by atoms with van der Waals surface area (Å²) in [4.78, 5) is 30.5. The summed E-state index contributed by atoms with van der Waals surface area (Å²) >= 11 is 0. The molecule has 2 aromatic heterocycles. The SMILES string of the molecule is [C-]#[N+]C1=C[C@@]2(C)c3nc(-c4ccncc4)nc(-c4ccc(C)cc4)c3CC[C@@H]2[C@@H](C)C1=O. The summed E-state index contributed by atoms with van der Waals surface area (Å²) in [7, 11) is 0. The summed E-state index contributed by atoms with van der Waals surface area (Å²) in [5, 5.41) is 0.